The quantitative estimate of drug-likeness (QED) is 0.0172. The van der Waals surface area contributed by atoms with Gasteiger partial charge in [-0.2, -0.15) is 0 Å². The second kappa shape index (κ2) is 33.4. The van der Waals surface area contributed by atoms with Crippen LogP contribution in [0.2, 0.25) is 0 Å². The van der Waals surface area contributed by atoms with Crippen molar-refractivity contribution in [1.82, 2.24) is 52.5 Å². The van der Waals surface area contributed by atoms with Crippen molar-refractivity contribution in [1.29, 1.82) is 0 Å². The number of aliphatic hydroxyl groups excluding tert-OH is 3. The summed E-state index contributed by atoms with van der Waals surface area (Å²) in [6.45, 7) is 3.45. The van der Waals surface area contributed by atoms with Gasteiger partial charge in [0.1, 0.15) is 48.6 Å². The fraction of sp³-hybridized carbons (Fsp3) is 0.587. The molecule has 0 aliphatic rings. The second-order valence-electron chi connectivity index (χ2n) is 18.1. The molecule has 0 bridgehead atoms. The molecule has 2 rings (SSSR count). The van der Waals surface area contributed by atoms with Crippen LogP contribution in [0.4, 0.5) is 0 Å². The average molecular weight is 1110 g/mol. The van der Waals surface area contributed by atoms with Crippen molar-refractivity contribution in [3.63, 3.8) is 0 Å². The van der Waals surface area contributed by atoms with Crippen LogP contribution in [0.3, 0.4) is 0 Å². The van der Waals surface area contributed by atoms with Gasteiger partial charge in [-0.15, -0.1) is 0 Å². The fourth-order valence-electron chi connectivity index (χ4n) is 7.25. The Balaban J connectivity index is 2.39. The van der Waals surface area contributed by atoms with Crippen molar-refractivity contribution in [3.05, 3.63) is 54.1 Å². The third kappa shape index (κ3) is 23.6. The number of aromatic nitrogens is 2. The van der Waals surface area contributed by atoms with Crippen LogP contribution in [0.5, 0.6) is 0 Å². The van der Waals surface area contributed by atoms with Crippen LogP contribution in [-0.4, -0.2) is 181 Å². The molecule has 0 saturated carbocycles. The first-order valence-corrected chi connectivity index (χ1v) is 26.1. The zero-order valence-corrected chi connectivity index (χ0v) is 44.0. The number of aromatic amines is 1. The van der Waals surface area contributed by atoms with Gasteiger partial charge in [0.25, 0.3) is 0 Å². The standard InChI is InChI=1S/C46H74N13O17P/c1-5-24(2)33(20-60)55-46(72)38(26(4)76-77(73,74)75)59-44(70)35(22-62)57-45(71)37(25(3)63)58-41(67)30(13-9-10-16-47)52-42(68)32(18-28-19-50-23-51-28)54-40(66)31(14-15-36(49)64)53-43(69)34(21-61)56-39(65)29(48)17-27-11-7-6-8-12-27/h6-8,11-12,19-20,23-26,29-35,37-38,61-63H,5,9-10,13-18,21-22,47-48H2,1-4H3,(H2,49,64)(H,50,51)(H,52,68)(H,53,69)(H,54,66)(H,55,72)(H,56,65)(H,57,71)(H,58,67)(H,59,70)(H2,73,74,75)/t24-,25+,26+,29-,30-,31-,32-,33+,34-,35-,37-,38-/m0/s1. The van der Waals surface area contributed by atoms with E-state index < -0.39 is 160 Å². The van der Waals surface area contributed by atoms with Crippen molar-refractivity contribution in [2.75, 3.05) is 19.8 Å². The Bertz CT molecular complexity index is 2310. The summed E-state index contributed by atoms with van der Waals surface area (Å²) >= 11 is 0. The zero-order chi connectivity index (χ0) is 58.0. The van der Waals surface area contributed by atoms with Gasteiger partial charge in [-0.25, -0.2) is 9.55 Å². The molecule has 0 aliphatic heterocycles. The Hall–Kier alpha value is -6.76. The first-order valence-electron chi connectivity index (χ1n) is 24.6. The fourth-order valence-corrected chi connectivity index (χ4v) is 7.81. The number of nitrogens with one attached hydrogen (secondary N) is 9. The monoisotopic (exact) mass is 1110 g/mol. The number of H-pyrrole nitrogens is 1. The molecular weight excluding hydrogens is 1040 g/mol. The van der Waals surface area contributed by atoms with Gasteiger partial charge in [0.05, 0.1) is 43.8 Å². The molecule has 1 aromatic carbocycles. The molecule has 1 heterocycles. The summed E-state index contributed by atoms with van der Waals surface area (Å²) in [7, 11) is -5.29. The molecule has 77 heavy (non-hydrogen) atoms. The van der Waals surface area contributed by atoms with Crippen LogP contribution in [-0.2, 0) is 69.9 Å². The minimum atomic E-state index is -5.29. The lowest BCUT2D eigenvalue weighted by Gasteiger charge is -2.29. The Labute approximate surface area is 443 Å². The minimum absolute atomic E-state index is 0.0767. The number of unbranched alkanes of at least 4 members (excludes halogenated alkanes) is 1. The summed E-state index contributed by atoms with van der Waals surface area (Å²) in [5.41, 5.74) is 18.1. The number of rotatable bonds is 36. The lowest BCUT2D eigenvalue weighted by atomic mass is 9.99. The molecule has 31 heteroatoms. The largest absolute Gasteiger partial charge is 0.469 e. The van der Waals surface area contributed by atoms with Crippen molar-refractivity contribution >= 4 is 67.3 Å². The number of benzene rings is 1. The van der Waals surface area contributed by atoms with Gasteiger partial charge in [-0.3, -0.25) is 47.7 Å². The first kappa shape index (κ1) is 66.4. The summed E-state index contributed by atoms with van der Waals surface area (Å²) in [5.74, 6) is -10.1. The van der Waals surface area contributed by atoms with E-state index in [1.54, 1.807) is 44.2 Å². The molecule has 0 unspecified atom stereocenters. The van der Waals surface area contributed by atoms with Crippen molar-refractivity contribution < 1.29 is 82.1 Å². The number of primary amides is 1. The molecule has 0 aliphatic carbocycles. The van der Waals surface area contributed by atoms with Gasteiger partial charge in [0.15, 0.2) is 0 Å². The highest BCUT2D eigenvalue weighted by atomic mass is 31.2. The number of phosphoric ester groups is 1. The van der Waals surface area contributed by atoms with E-state index in [0.29, 0.717) is 24.7 Å². The van der Waals surface area contributed by atoms with Gasteiger partial charge in [-0.05, 0) is 64.0 Å². The molecule has 9 amide bonds. The average Bonchev–Trinajstić information content (AvgIpc) is 3.90. The molecule has 0 spiro atoms. The van der Waals surface area contributed by atoms with E-state index in [0.717, 1.165) is 13.8 Å². The summed E-state index contributed by atoms with van der Waals surface area (Å²) < 4.78 is 16.3. The maximum Gasteiger partial charge on any atom is 0.469 e. The maximum atomic E-state index is 14.2. The molecule has 430 valence electrons. The van der Waals surface area contributed by atoms with Crippen LogP contribution in [0, 0.1) is 5.92 Å². The molecule has 0 fully saturated rings. The minimum Gasteiger partial charge on any atom is -0.394 e. The smallest absolute Gasteiger partial charge is 0.394 e. The Morgan fingerprint density at radius 2 is 1.21 bits per heavy atom. The van der Waals surface area contributed by atoms with Crippen molar-refractivity contribution in [2.45, 2.75) is 146 Å². The van der Waals surface area contributed by atoms with Gasteiger partial charge >= 0.3 is 7.82 Å². The van der Waals surface area contributed by atoms with Crippen LogP contribution >= 0.6 is 7.82 Å². The molecule has 2 aromatic rings. The van der Waals surface area contributed by atoms with Crippen LogP contribution in [0.25, 0.3) is 0 Å². The van der Waals surface area contributed by atoms with Gasteiger partial charge in [0, 0.05) is 24.7 Å². The first-order chi connectivity index (χ1) is 36.3. The number of nitrogens with two attached hydrogens (primary N) is 3. The van der Waals surface area contributed by atoms with E-state index >= 15 is 0 Å². The summed E-state index contributed by atoms with van der Waals surface area (Å²) in [6.07, 6.45) is -0.910. The SMILES string of the molecule is CC[C@H](C)[C@@H](C=O)NC(=O)[C@@H](NC(=O)[C@H](CO)NC(=O)[C@@H](NC(=O)[C@H](CCCCN)NC(=O)[C@H](Cc1cnc[nH]1)NC(=O)[C@H](CCC(N)=O)NC(=O)[C@H](CO)NC(=O)[C@@H](N)Cc1ccccc1)[C@@H](C)O)[C@@H](C)OP(=O)(O)O. The number of aldehydes is 1. The van der Waals surface area contributed by atoms with E-state index in [9.17, 15) is 77.6 Å². The Kier molecular flexibility index (Phi) is 28.8. The number of carbonyl (C=O) groups is 10. The highest BCUT2D eigenvalue weighted by Gasteiger charge is 2.38. The zero-order valence-electron chi connectivity index (χ0n) is 43.1. The number of imidazole rings is 1. The van der Waals surface area contributed by atoms with E-state index in [1.165, 1.54) is 12.5 Å². The third-order valence-electron chi connectivity index (χ3n) is 11.9. The lowest BCUT2D eigenvalue weighted by molar-refractivity contribution is -0.138. The molecule has 1 aromatic heterocycles. The third-order valence-corrected chi connectivity index (χ3v) is 12.5. The van der Waals surface area contributed by atoms with Crippen LogP contribution < -0.4 is 59.7 Å². The number of aliphatic hydroxyl groups is 3. The molecule has 30 nitrogen and oxygen atoms in total. The second-order valence-corrected chi connectivity index (χ2v) is 19.3. The van der Waals surface area contributed by atoms with Gasteiger partial charge in [-0.1, -0.05) is 50.6 Å². The van der Waals surface area contributed by atoms with E-state index in [2.05, 4.69) is 57.0 Å². The highest BCUT2D eigenvalue weighted by molar-refractivity contribution is 7.46. The molecular formula is C46H74N13O17P. The lowest BCUT2D eigenvalue weighted by Crippen LogP contribution is -2.63. The number of amides is 9. The number of carbonyl (C=O) groups excluding carboxylic acids is 10. The highest BCUT2D eigenvalue weighted by Crippen LogP contribution is 2.38. The predicted octanol–water partition coefficient (Wildman–Crippen LogP) is -6.10. The molecule has 0 saturated heterocycles. The topological polar surface area (TPSA) is 501 Å². The van der Waals surface area contributed by atoms with E-state index in [1.807, 2.05) is 0 Å². The van der Waals surface area contributed by atoms with Gasteiger partial charge < -0.3 is 94.6 Å². The summed E-state index contributed by atoms with van der Waals surface area (Å²) in [5, 5.41) is 49.5. The molecule has 20 N–H and O–H groups in total. The molecule has 12 atom stereocenters. The normalized spacial score (nSPS) is 16.1. The number of phosphoric acid groups is 1. The molecule has 0 radical (unpaired) electrons. The predicted molar refractivity (Wildman–Crippen MR) is 271 cm³/mol. The van der Waals surface area contributed by atoms with Crippen LogP contribution in [0.1, 0.15) is 77.5 Å². The van der Waals surface area contributed by atoms with E-state index in [4.69, 9.17) is 17.2 Å². The number of hydrogen-bond acceptors (Lipinski definition) is 18. The number of nitrogens with zero attached hydrogens (tertiary/aromatic N) is 1. The summed E-state index contributed by atoms with van der Waals surface area (Å²) in [4.78, 5) is 158. The van der Waals surface area contributed by atoms with E-state index in [-0.39, 0.29) is 37.9 Å². The van der Waals surface area contributed by atoms with Crippen molar-refractivity contribution in [3.8, 4) is 0 Å². The summed E-state index contributed by atoms with van der Waals surface area (Å²) in [6, 6.07) is -5.81. The Morgan fingerprint density at radius 1 is 0.701 bits per heavy atom. The van der Waals surface area contributed by atoms with Gasteiger partial charge in [0.2, 0.25) is 53.2 Å². The maximum absolute atomic E-state index is 14.2. The Morgan fingerprint density at radius 3 is 1.73 bits per heavy atom. The number of hydrogen-bond donors (Lipinski definition) is 17. The van der Waals surface area contributed by atoms with Crippen LogP contribution in [0.15, 0.2) is 42.9 Å². The van der Waals surface area contributed by atoms with Crippen molar-refractivity contribution in [2.24, 2.45) is 23.1 Å².